The van der Waals surface area contributed by atoms with Crippen LogP contribution in [0.25, 0.3) is 0 Å². The van der Waals surface area contributed by atoms with E-state index in [1.165, 1.54) is 0 Å². The van der Waals surface area contributed by atoms with E-state index < -0.39 is 0 Å². The number of hydrogen-bond acceptors (Lipinski definition) is 3. The van der Waals surface area contributed by atoms with Gasteiger partial charge < -0.3 is 10.5 Å². The third-order valence-electron chi connectivity index (χ3n) is 3.01. The number of ether oxygens (including phenoxy) is 1. The van der Waals surface area contributed by atoms with Crippen LogP contribution in [0, 0.1) is 11.8 Å². The van der Waals surface area contributed by atoms with Crippen LogP contribution >= 0.6 is 0 Å². The van der Waals surface area contributed by atoms with Gasteiger partial charge >= 0.3 is 0 Å². The summed E-state index contributed by atoms with van der Waals surface area (Å²) >= 11 is 0. The standard InChI is InChI=1S/C15H23NO2/c1-4-9-18-13-7-5-12(6-8-13)15(17)14(10-16)11(2)3/h5-8,11,14H,4,9-10,16H2,1-3H3. The van der Waals surface area contributed by atoms with E-state index in [1.54, 1.807) is 0 Å². The summed E-state index contributed by atoms with van der Waals surface area (Å²) < 4.78 is 5.49. The summed E-state index contributed by atoms with van der Waals surface area (Å²) in [5.41, 5.74) is 6.37. The summed E-state index contributed by atoms with van der Waals surface area (Å²) in [6, 6.07) is 7.32. The fraction of sp³-hybridized carbons (Fsp3) is 0.533. The van der Waals surface area contributed by atoms with Gasteiger partial charge in [0, 0.05) is 18.0 Å². The molecular formula is C15H23NO2. The third kappa shape index (κ3) is 3.84. The predicted octanol–water partition coefficient (Wildman–Crippen LogP) is 2.89. The van der Waals surface area contributed by atoms with Gasteiger partial charge in [-0.25, -0.2) is 0 Å². The molecule has 1 unspecified atom stereocenters. The summed E-state index contributed by atoms with van der Waals surface area (Å²) in [6.45, 7) is 7.20. The topological polar surface area (TPSA) is 52.3 Å². The quantitative estimate of drug-likeness (QED) is 0.756. The van der Waals surface area contributed by atoms with E-state index in [0.717, 1.165) is 12.2 Å². The number of hydrogen-bond donors (Lipinski definition) is 1. The van der Waals surface area contributed by atoms with E-state index in [2.05, 4.69) is 6.92 Å². The first-order valence-electron chi connectivity index (χ1n) is 6.57. The maximum absolute atomic E-state index is 12.2. The fourth-order valence-electron chi connectivity index (χ4n) is 1.83. The Balaban J connectivity index is 2.75. The van der Waals surface area contributed by atoms with Gasteiger partial charge in [-0.3, -0.25) is 4.79 Å². The van der Waals surface area contributed by atoms with Gasteiger partial charge in [0.2, 0.25) is 0 Å². The Bertz CT molecular complexity index is 371. The number of benzene rings is 1. The fourth-order valence-corrected chi connectivity index (χ4v) is 1.83. The highest BCUT2D eigenvalue weighted by atomic mass is 16.5. The van der Waals surface area contributed by atoms with Crippen LogP contribution < -0.4 is 10.5 Å². The van der Waals surface area contributed by atoms with E-state index >= 15 is 0 Å². The Hall–Kier alpha value is -1.35. The maximum atomic E-state index is 12.2. The van der Waals surface area contributed by atoms with E-state index in [9.17, 15) is 4.79 Å². The van der Waals surface area contributed by atoms with Gasteiger partial charge in [-0.1, -0.05) is 20.8 Å². The van der Waals surface area contributed by atoms with E-state index in [-0.39, 0.29) is 17.6 Å². The zero-order valence-electron chi connectivity index (χ0n) is 11.5. The minimum absolute atomic E-state index is 0.104. The van der Waals surface area contributed by atoms with Crippen LogP contribution in [-0.2, 0) is 0 Å². The summed E-state index contributed by atoms with van der Waals surface area (Å²) in [6.07, 6.45) is 0.975. The van der Waals surface area contributed by atoms with Crippen molar-refractivity contribution in [2.75, 3.05) is 13.2 Å². The molecule has 1 rings (SSSR count). The zero-order chi connectivity index (χ0) is 13.5. The van der Waals surface area contributed by atoms with Crippen LogP contribution in [0.5, 0.6) is 5.75 Å². The number of rotatable bonds is 7. The van der Waals surface area contributed by atoms with Gasteiger partial charge in [0.15, 0.2) is 5.78 Å². The lowest BCUT2D eigenvalue weighted by molar-refractivity contribution is 0.0892. The second-order valence-electron chi connectivity index (χ2n) is 4.82. The van der Waals surface area contributed by atoms with Crippen LogP contribution in [-0.4, -0.2) is 18.9 Å². The van der Waals surface area contributed by atoms with Crippen molar-refractivity contribution in [3.05, 3.63) is 29.8 Å². The Morgan fingerprint density at radius 3 is 2.33 bits per heavy atom. The number of nitrogens with two attached hydrogens (primary N) is 1. The highest BCUT2D eigenvalue weighted by Crippen LogP contribution is 2.19. The lowest BCUT2D eigenvalue weighted by atomic mass is 9.88. The van der Waals surface area contributed by atoms with Crippen LogP contribution in [0.4, 0.5) is 0 Å². The number of ketones is 1. The van der Waals surface area contributed by atoms with Crippen molar-refractivity contribution in [2.24, 2.45) is 17.6 Å². The van der Waals surface area contributed by atoms with Crippen LogP contribution in [0.1, 0.15) is 37.6 Å². The summed E-state index contributed by atoms with van der Waals surface area (Å²) in [4.78, 5) is 12.2. The largest absolute Gasteiger partial charge is 0.494 e. The van der Waals surface area contributed by atoms with Crippen LogP contribution in [0.15, 0.2) is 24.3 Å². The molecule has 0 aliphatic rings. The monoisotopic (exact) mass is 249 g/mol. The highest BCUT2D eigenvalue weighted by Gasteiger charge is 2.21. The molecule has 18 heavy (non-hydrogen) atoms. The molecule has 2 N–H and O–H groups in total. The first kappa shape index (κ1) is 14.7. The summed E-state index contributed by atoms with van der Waals surface area (Å²) in [5.74, 6) is 1.09. The third-order valence-corrected chi connectivity index (χ3v) is 3.01. The molecule has 0 amide bonds. The lowest BCUT2D eigenvalue weighted by Crippen LogP contribution is -2.28. The highest BCUT2D eigenvalue weighted by molar-refractivity contribution is 5.98. The molecule has 1 aromatic carbocycles. The zero-order valence-corrected chi connectivity index (χ0v) is 11.5. The van der Waals surface area contributed by atoms with Crippen molar-refractivity contribution < 1.29 is 9.53 Å². The molecule has 0 aliphatic heterocycles. The molecule has 0 radical (unpaired) electrons. The normalized spacial score (nSPS) is 12.5. The van der Waals surface area contributed by atoms with Crippen molar-refractivity contribution in [3.63, 3.8) is 0 Å². The first-order chi connectivity index (χ1) is 8.60. The molecule has 0 saturated heterocycles. The van der Waals surface area contributed by atoms with Crippen molar-refractivity contribution in [3.8, 4) is 5.75 Å². The number of carbonyl (C=O) groups is 1. The molecule has 100 valence electrons. The molecule has 0 spiro atoms. The molecule has 1 atom stereocenters. The SMILES string of the molecule is CCCOc1ccc(C(=O)C(CN)C(C)C)cc1. The van der Waals surface area contributed by atoms with Gasteiger partial charge in [-0.15, -0.1) is 0 Å². The minimum atomic E-state index is -0.104. The number of Topliss-reactive ketones (excluding diaryl/α,β-unsaturated/α-hetero) is 1. The van der Waals surface area contributed by atoms with Gasteiger partial charge in [0.25, 0.3) is 0 Å². The van der Waals surface area contributed by atoms with Crippen LogP contribution in [0.3, 0.4) is 0 Å². The van der Waals surface area contributed by atoms with Gasteiger partial charge in [-0.2, -0.15) is 0 Å². The second-order valence-corrected chi connectivity index (χ2v) is 4.82. The molecule has 3 heteroatoms. The van der Waals surface area contributed by atoms with E-state index in [0.29, 0.717) is 18.7 Å². The van der Waals surface area contributed by atoms with Gasteiger partial charge in [0.05, 0.1) is 6.61 Å². The molecule has 0 bridgehead atoms. The van der Waals surface area contributed by atoms with Gasteiger partial charge in [-0.05, 0) is 36.6 Å². The molecule has 1 aromatic rings. The van der Waals surface area contributed by atoms with Crippen molar-refractivity contribution in [2.45, 2.75) is 27.2 Å². The van der Waals surface area contributed by atoms with Gasteiger partial charge in [0.1, 0.15) is 5.75 Å². The average Bonchev–Trinajstić information content (AvgIpc) is 2.37. The van der Waals surface area contributed by atoms with Crippen molar-refractivity contribution >= 4 is 5.78 Å². The Morgan fingerprint density at radius 2 is 1.89 bits per heavy atom. The average molecular weight is 249 g/mol. The molecule has 0 aromatic heterocycles. The Labute approximate surface area is 109 Å². The molecule has 0 saturated carbocycles. The smallest absolute Gasteiger partial charge is 0.167 e. The minimum Gasteiger partial charge on any atom is -0.494 e. The molecule has 0 heterocycles. The van der Waals surface area contributed by atoms with Crippen molar-refractivity contribution in [1.82, 2.24) is 0 Å². The van der Waals surface area contributed by atoms with E-state index in [4.69, 9.17) is 10.5 Å². The molecule has 0 aliphatic carbocycles. The Morgan fingerprint density at radius 1 is 1.28 bits per heavy atom. The first-order valence-corrected chi connectivity index (χ1v) is 6.57. The second kappa shape index (κ2) is 7.17. The van der Waals surface area contributed by atoms with Crippen LogP contribution in [0.2, 0.25) is 0 Å². The molecular weight excluding hydrogens is 226 g/mol. The Kier molecular flexibility index (Phi) is 5.86. The molecule has 3 nitrogen and oxygen atoms in total. The van der Waals surface area contributed by atoms with E-state index in [1.807, 2.05) is 38.1 Å². The van der Waals surface area contributed by atoms with Crippen molar-refractivity contribution in [1.29, 1.82) is 0 Å². The lowest BCUT2D eigenvalue weighted by Gasteiger charge is -2.17. The number of carbonyl (C=O) groups excluding carboxylic acids is 1. The summed E-state index contributed by atoms with van der Waals surface area (Å²) in [7, 11) is 0. The molecule has 0 fully saturated rings. The summed E-state index contributed by atoms with van der Waals surface area (Å²) in [5, 5.41) is 0. The maximum Gasteiger partial charge on any atom is 0.167 e. The predicted molar refractivity (Wildman–Crippen MR) is 73.9 cm³/mol.